The van der Waals surface area contributed by atoms with Crippen molar-refractivity contribution in [3.63, 3.8) is 0 Å². The van der Waals surface area contributed by atoms with Gasteiger partial charge in [0.25, 0.3) is 17.7 Å². The number of anilines is 2. The second kappa shape index (κ2) is 16.2. The highest BCUT2D eigenvalue weighted by Gasteiger charge is 2.47. The van der Waals surface area contributed by atoms with E-state index >= 15 is 0 Å². The van der Waals surface area contributed by atoms with Crippen LogP contribution in [0.2, 0.25) is 0 Å². The number of rotatable bonds is 11. The number of piperidine rings is 2. The molecule has 0 radical (unpaired) electrons. The average molecular weight is 861 g/mol. The monoisotopic (exact) mass is 860 g/mol. The Morgan fingerprint density at radius 1 is 1.00 bits per heavy atom. The Kier molecular flexibility index (Phi) is 10.9. The number of fused-ring (bicyclic) bond motifs is 2. The molecule has 14 nitrogen and oxygen atoms in total. The highest BCUT2D eigenvalue weighted by Crippen LogP contribution is 2.54. The lowest BCUT2D eigenvalue weighted by Gasteiger charge is -2.53. The number of ether oxygens (including phenoxy) is 1. The number of hydrogen-bond acceptors (Lipinski definition) is 11. The molecule has 3 N–H and O–H groups in total. The number of likely N-dealkylation sites (tertiary alicyclic amines) is 1. The summed E-state index contributed by atoms with van der Waals surface area (Å²) in [7, 11) is 1.46. The molecule has 1 unspecified atom stereocenters. The van der Waals surface area contributed by atoms with E-state index in [4.69, 9.17) is 9.84 Å². The Morgan fingerprint density at radius 3 is 2.48 bits per heavy atom. The average Bonchev–Trinajstić information content (AvgIpc) is 3.95. The predicted molar refractivity (Wildman–Crippen MR) is 219 cm³/mol. The lowest BCUT2D eigenvalue weighted by molar-refractivity contribution is -0.141. The lowest BCUT2D eigenvalue weighted by atomic mass is 9.57. The number of benzene rings is 2. The smallest absolute Gasteiger partial charge is 0.434 e. The summed E-state index contributed by atoms with van der Waals surface area (Å²) in [5.74, 6) is -1.18. The zero-order valence-corrected chi connectivity index (χ0v) is 34.5. The van der Waals surface area contributed by atoms with Crippen LogP contribution >= 0.6 is 11.3 Å². The van der Waals surface area contributed by atoms with Gasteiger partial charge in [-0.1, -0.05) is 6.07 Å². The number of alkyl halides is 3. The fraction of sp³-hybridized carbons (Fsp3) is 0.512. The van der Waals surface area contributed by atoms with E-state index in [1.165, 1.54) is 32.8 Å². The number of thiazole rings is 1. The first-order chi connectivity index (χ1) is 29.3. The number of aromatic nitrogens is 3. The van der Waals surface area contributed by atoms with Gasteiger partial charge in [0.1, 0.15) is 11.8 Å². The van der Waals surface area contributed by atoms with Crippen molar-refractivity contribution in [3.8, 4) is 5.75 Å². The van der Waals surface area contributed by atoms with Crippen LogP contribution in [0.1, 0.15) is 113 Å². The fourth-order valence-electron chi connectivity index (χ4n) is 10.2. The van der Waals surface area contributed by atoms with Gasteiger partial charge in [-0.2, -0.15) is 18.3 Å². The zero-order valence-electron chi connectivity index (χ0n) is 33.7. The SMILES string of the molecule is COc1cc2nn([C@H]3CC[C@H](CN4CCC5(CC4)CC(CCNc4cccc6c4C(=O)N(C4CCC(=O)NC4=O)C6=O)C5)CC3)cc2cc1NC(=O)c1nc(C(F)(F)F)cs1. The van der Waals surface area contributed by atoms with Gasteiger partial charge in [-0.15, -0.1) is 11.3 Å². The molecule has 2 saturated carbocycles. The second-order valence-corrected chi connectivity index (χ2v) is 18.2. The number of imide groups is 2. The third-order valence-electron chi connectivity index (χ3n) is 13.5. The van der Waals surface area contributed by atoms with Crippen molar-refractivity contribution in [2.75, 3.05) is 43.9 Å². The Morgan fingerprint density at radius 2 is 1.77 bits per heavy atom. The van der Waals surface area contributed by atoms with Crippen molar-refractivity contribution in [1.82, 2.24) is 29.9 Å². The standard InChI is InChI=1S/C43H47F3N8O6S/c1-60-33-18-30-26(17-31(33)48-38(57)39-49-34(23-61-39)43(44,45)46)22-53(51-30)27-7-5-24(6-8-27)21-52-15-12-42(13-16-52)19-25(20-42)11-14-47-29-4-2-3-28-36(29)41(59)54(40(28)58)32-9-10-35(55)50-37(32)56/h2-4,17-18,22-25,27,32,47H,5-16,19-21H2,1H3,(H,48,57)(H,50,55,56)/t24-,27-,32?. The molecule has 9 rings (SSSR count). The van der Waals surface area contributed by atoms with E-state index in [-0.39, 0.29) is 29.5 Å². The summed E-state index contributed by atoms with van der Waals surface area (Å²) in [6.45, 7) is 4.00. The van der Waals surface area contributed by atoms with Crippen LogP contribution in [0.5, 0.6) is 5.75 Å². The summed E-state index contributed by atoms with van der Waals surface area (Å²) in [5, 5.41) is 14.5. The third kappa shape index (κ3) is 8.11. The van der Waals surface area contributed by atoms with Gasteiger partial charge in [-0.3, -0.25) is 38.9 Å². The van der Waals surface area contributed by atoms with Crippen molar-refractivity contribution in [3.05, 3.63) is 63.7 Å². The van der Waals surface area contributed by atoms with E-state index in [1.54, 1.807) is 30.3 Å². The molecule has 2 aromatic carbocycles. The molecule has 4 aromatic rings. The van der Waals surface area contributed by atoms with Crippen molar-refractivity contribution < 1.29 is 41.9 Å². The number of nitrogens with zero attached hydrogens (tertiary/aromatic N) is 5. The molecule has 2 saturated heterocycles. The highest BCUT2D eigenvalue weighted by molar-refractivity contribution is 7.11. The number of carbonyl (C=O) groups excluding carboxylic acids is 5. The first-order valence-corrected chi connectivity index (χ1v) is 21.9. The van der Waals surface area contributed by atoms with Crippen LogP contribution in [0.3, 0.4) is 0 Å². The minimum atomic E-state index is -4.63. The largest absolute Gasteiger partial charge is 0.494 e. The summed E-state index contributed by atoms with van der Waals surface area (Å²) < 4.78 is 46.6. The molecule has 61 heavy (non-hydrogen) atoms. The molecular formula is C43H47F3N8O6S. The third-order valence-corrected chi connectivity index (χ3v) is 14.3. The second-order valence-electron chi connectivity index (χ2n) is 17.4. The maximum Gasteiger partial charge on any atom is 0.434 e. The van der Waals surface area contributed by atoms with Gasteiger partial charge >= 0.3 is 6.18 Å². The normalized spacial score (nSPS) is 23.3. The summed E-state index contributed by atoms with van der Waals surface area (Å²) >= 11 is 0.632. The van der Waals surface area contributed by atoms with Crippen molar-refractivity contribution in [2.24, 2.45) is 17.3 Å². The maximum atomic E-state index is 13.4. The summed E-state index contributed by atoms with van der Waals surface area (Å²) in [4.78, 5) is 70.6. The molecule has 18 heteroatoms. The molecule has 1 atom stereocenters. The first-order valence-electron chi connectivity index (χ1n) is 21.0. The van der Waals surface area contributed by atoms with Gasteiger partial charge < -0.3 is 20.3 Å². The van der Waals surface area contributed by atoms with Crippen LogP contribution < -0.4 is 20.7 Å². The molecule has 5 aliphatic rings. The molecular weight excluding hydrogens is 814 g/mol. The highest BCUT2D eigenvalue weighted by atomic mass is 32.1. The van der Waals surface area contributed by atoms with Crippen LogP contribution in [0.15, 0.2) is 41.9 Å². The topological polar surface area (TPSA) is 168 Å². The summed E-state index contributed by atoms with van der Waals surface area (Å²) in [6.07, 6.45) is 7.55. The van der Waals surface area contributed by atoms with Crippen molar-refractivity contribution in [2.45, 2.75) is 88.9 Å². The van der Waals surface area contributed by atoms with Crippen molar-refractivity contribution >= 4 is 63.2 Å². The Hall–Kier alpha value is -5.36. The van der Waals surface area contributed by atoms with E-state index in [1.807, 2.05) is 10.9 Å². The number of nitrogens with one attached hydrogen (secondary N) is 3. The summed E-state index contributed by atoms with van der Waals surface area (Å²) in [5.41, 5.74) is 1.52. The van der Waals surface area contributed by atoms with Gasteiger partial charge in [-0.25, -0.2) is 4.98 Å². The molecule has 3 aliphatic heterocycles. The zero-order chi connectivity index (χ0) is 42.6. The Balaban J connectivity index is 0.712. The molecule has 1 spiro atoms. The summed E-state index contributed by atoms with van der Waals surface area (Å²) in [6, 6.07) is 7.87. The molecule has 322 valence electrons. The van der Waals surface area contributed by atoms with Gasteiger partial charge in [0.2, 0.25) is 11.8 Å². The molecule has 5 amide bonds. The minimum absolute atomic E-state index is 0.0822. The van der Waals surface area contributed by atoms with Gasteiger partial charge in [0.15, 0.2) is 10.7 Å². The van der Waals surface area contributed by atoms with Gasteiger partial charge in [0.05, 0.1) is 35.5 Å². The molecule has 2 aliphatic carbocycles. The number of methoxy groups -OCH3 is 1. The van der Waals surface area contributed by atoms with E-state index in [9.17, 15) is 37.1 Å². The van der Waals surface area contributed by atoms with Crippen LogP contribution in [-0.2, 0) is 15.8 Å². The predicted octanol–water partition coefficient (Wildman–Crippen LogP) is 6.90. The first kappa shape index (κ1) is 41.0. The van der Waals surface area contributed by atoms with Crippen molar-refractivity contribution in [1.29, 1.82) is 0 Å². The maximum absolute atomic E-state index is 13.4. The number of halogens is 3. The molecule has 5 heterocycles. The van der Waals surface area contributed by atoms with E-state index in [0.29, 0.717) is 63.3 Å². The number of carbonyl (C=O) groups is 5. The Bertz CT molecular complexity index is 2390. The lowest BCUT2D eigenvalue weighted by Crippen LogP contribution is -2.54. The van der Waals surface area contributed by atoms with Gasteiger partial charge in [-0.05, 0) is 113 Å². The van der Waals surface area contributed by atoms with Crippen LogP contribution in [-0.4, -0.2) is 93.4 Å². The minimum Gasteiger partial charge on any atom is -0.494 e. The van der Waals surface area contributed by atoms with E-state index < -0.39 is 47.4 Å². The molecule has 2 aromatic heterocycles. The molecule has 4 fully saturated rings. The van der Waals surface area contributed by atoms with E-state index in [0.717, 1.165) is 67.4 Å². The fourth-order valence-corrected chi connectivity index (χ4v) is 10.9. The van der Waals surface area contributed by atoms with Crippen LogP contribution in [0, 0.1) is 17.3 Å². The van der Waals surface area contributed by atoms with E-state index in [2.05, 4.69) is 25.8 Å². The number of hydrogen-bond donors (Lipinski definition) is 3. The Labute approximate surface area is 353 Å². The van der Waals surface area contributed by atoms with Crippen LogP contribution in [0.4, 0.5) is 24.5 Å². The molecule has 0 bridgehead atoms. The quantitative estimate of drug-likeness (QED) is 0.135. The number of amides is 5. The van der Waals surface area contributed by atoms with Gasteiger partial charge in [0, 0.05) is 48.2 Å². The van der Waals surface area contributed by atoms with Crippen LogP contribution in [0.25, 0.3) is 10.9 Å².